The van der Waals surface area contributed by atoms with E-state index in [2.05, 4.69) is 187 Å². The second-order valence-corrected chi connectivity index (χ2v) is 16.5. The van der Waals surface area contributed by atoms with Crippen molar-refractivity contribution in [1.29, 1.82) is 0 Å². The van der Waals surface area contributed by atoms with Crippen molar-refractivity contribution in [2.75, 3.05) is 0 Å². The predicted molar refractivity (Wildman–Crippen MR) is 246 cm³/mol. The van der Waals surface area contributed by atoms with Gasteiger partial charge >= 0.3 is 0 Å². The third-order valence-electron chi connectivity index (χ3n) is 12.6. The first kappa shape index (κ1) is 32.9. The highest BCUT2D eigenvalue weighted by Crippen LogP contribution is 2.43. The Hall–Kier alpha value is -6.50. The van der Waals surface area contributed by atoms with Crippen LogP contribution in [0.25, 0.3) is 108 Å². The Morgan fingerprint density at radius 2 is 0.536 bits per heavy atom. The highest BCUT2D eigenvalue weighted by molar-refractivity contribution is 6.29. The van der Waals surface area contributed by atoms with Gasteiger partial charge in [0.05, 0.1) is 0 Å². The monoisotopic (exact) mass is 714 g/mol. The van der Waals surface area contributed by atoms with Crippen LogP contribution >= 0.6 is 0 Å². The zero-order valence-corrected chi connectivity index (χ0v) is 32.9. The minimum Gasteiger partial charge on any atom is -0.0610 e. The maximum absolute atomic E-state index is 2.50. The smallest absolute Gasteiger partial charge is 0.00264 e. The minimum atomic E-state index is 1.27. The van der Waals surface area contributed by atoms with Crippen molar-refractivity contribution in [2.24, 2.45) is 0 Å². The van der Waals surface area contributed by atoms with Gasteiger partial charge in [0, 0.05) is 0 Å². The molecule has 0 spiro atoms. The number of rotatable bonds is 2. The molecule has 0 aliphatic carbocycles. The van der Waals surface area contributed by atoms with E-state index in [0.29, 0.717) is 0 Å². The summed E-state index contributed by atoms with van der Waals surface area (Å²) in [6.45, 7) is 13.4. The van der Waals surface area contributed by atoms with Crippen molar-refractivity contribution in [3.05, 3.63) is 179 Å². The molecule has 0 heteroatoms. The quantitative estimate of drug-likeness (QED) is 0.124. The van der Waals surface area contributed by atoms with Gasteiger partial charge in [-0.2, -0.15) is 0 Å². The lowest BCUT2D eigenvalue weighted by atomic mass is 9.87. The largest absolute Gasteiger partial charge is 0.0610 e. The van der Waals surface area contributed by atoms with Gasteiger partial charge in [0.15, 0.2) is 0 Å². The third kappa shape index (κ3) is 4.85. The van der Waals surface area contributed by atoms with Gasteiger partial charge in [-0.05, 0) is 209 Å². The molecule has 0 amide bonds. The molecule has 56 heavy (non-hydrogen) atoms. The molecule has 11 aromatic carbocycles. The first-order valence-electron chi connectivity index (χ1n) is 19.9. The van der Waals surface area contributed by atoms with Gasteiger partial charge in [-0.3, -0.25) is 0 Å². The van der Waals surface area contributed by atoms with Crippen molar-refractivity contribution in [2.45, 2.75) is 41.5 Å². The van der Waals surface area contributed by atoms with E-state index in [1.54, 1.807) is 0 Å². The van der Waals surface area contributed by atoms with E-state index in [9.17, 15) is 0 Å². The lowest BCUT2D eigenvalue weighted by molar-refractivity contribution is 1.32. The minimum absolute atomic E-state index is 1.27. The van der Waals surface area contributed by atoms with Gasteiger partial charge in [0.1, 0.15) is 0 Å². The van der Waals surface area contributed by atoms with Crippen molar-refractivity contribution >= 4 is 86.2 Å². The zero-order valence-electron chi connectivity index (χ0n) is 32.9. The Bertz CT molecular complexity index is 3230. The van der Waals surface area contributed by atoms with Gasteiger partial charge in [0.2, 0.25) is 0 Å². The van der Waals surface area contributed by atoms with E-state index in [4.69, 9.17) is 0 Å². The fraction of sp³-hybridized carbons (Fsp3) is 0.107. The molecule has 0 radical (unpaired) electrons. The Kier molecular flexibility index (Phi) is 7.05. The molecule has 0 nitrogen and oxygen atoms in total. The fourth-order valence-electron chi connectivity index (χ4n) is 10.5. The molecule has 11 aromatic rings. The molecule has 0 aliphatic heterocycles. The summed E-state index contributed by atoms with van der Waals surface area (Å²) in [5, 5.41) is 20.7. The Morgan fingerprint density at radius 3 is 0.875 bits per heavy atom. The topological polar surface area (TPSA) is 0 Å². The van der Waals surface area contributed by atoms with E-state index in [1.165, 1.54) is 142 Å². The predicted octanol–water partition coefficient (Wildman–Crippen LogP) is 16.1. The second kappa shape index (κ2) is 12.0. The van der Waals surface area contributed by atoms with Crippen LogP contribution in [-0.2, 0) is 0 Å². The van der Waals surface area contributed by atoms with Gasteiger partial charge in [-0.15, -0.1) is 0 Å². The first-order chi connectivity index (χ1) is 27.2. The molecule has 266 valence electrons. The highest BCUT2D eigenvalue weighted by Gasteiger charge is 2.16. The summed E-state index contributed by atoms with van der Waals surface area (Å²) in [5.41, 5.74) is 13.2. The van der Waals surface area contributed by atoms with Crippen LogP contribution in [0.15, 0.2) is 146 Å². The van der Waals surface area contributed by atoms with Gasteiger partial charge in [-0.25, -0.2) is 0 Å². The number of hydrogen-bond donors (Lipinski definition) is 0. The molecule has 0 bridgehead atoms. The van der Waals surface area contributed by atoms with Crippen LogP contribution in [0.1, 0.15) is 33.4 Å². The van der Waals surface area contributed by atoms with E-state index >= 15 is 0 Å². The number of aryl methyl sites for hydroxylation is 6. The molecule has 0 aliphatic rings. The molecule has 0 atom stereocenters. The molecule has 0 N–H and O–H groups in total. The van der Waals surface area contributed by atoms with Crippen molar-refractivity contribution in [1.82, 2.24) is 0 Å². The Balaban J connectivity index is 1.24. The van der Waals surface area contributed by atoms with Crippen LogP contribution in [0.2, 0.25) is 0 Å². The molecule has 0 heterocycles. The van der Waals surface area contributed by atoms with E-state index in [0.717, 1.165) is 0 Å². The summed E-state index contributed by atoms with van der Waals surface area (Å²) in [5.74, 6) is 0. The molecular formula is C56H42. The van der Waals surface area contributed by atoms with Gasteiger partial charge in [-0.1, -0.05) is 120 Å². The second-order valence-electron chi connectivity index (χ2n) is 16.5. The molecule has 0 fully saturated rings. The molecular weight excluding hydrogens is 673 g/mol. The number of hydrogen-bond acceptors (Lipinski definition) is 0. The molecule has 0 saturated heterocycles. The SMILES string of the molecule is Cc1cc(C)c(-c2cccc3cc4ccc5ccc6cc7ccc8ccc9cc%10cccc(-c%11c(C)cc(C)cc%11C)c%10cc9c8c7cc6c5c4cc23)c(C)c1. The number of fused-ring (bicyclic) bond motifs is 12. The Labute approximate surface area is 327 Å². The van der Waals surface area contributed by atoms with E-state index in [1.807, 2.05) is 0 Å². The zero-order chi connectivity index (χ0) is 38.0. The highest BCUT2D eigenvalue weighted by atomic mass is 14.2. The first-order valence-corrected chi connectivity index (χ1v) is 19.9. The average molecular weight is 715 g/mol. The van der Waals surface area contributed by atoms with Crippen LogP contribution in [-0.4, -0.2) is 0 Å². The van der Waals surface area contributed by atoms with Gasteiger partial charge in [0.25, 0.3) is 0 Å². The standard InChI is InChI=1S/C56H42/c1-31-21-33(3)53(34(4)22-31)45-11-7-9-39-25-41-17-13-37-15-19-43-27-44-20-16-38-14-18-42-26-40-10-8-12-46(54-35(5)23-32(2)24-36(54)6)48(40)29-50(42)56(38)52(44)30-51(43)55(37)49(41)28-47(39)45/h7-30H,1-6H3. The van der Waals surface area contributed by atoms with Crippen molar-refractivity contribution < 1.29 is 0 Å². The van der Waals surface area contributed by atoms with Crippen LogP contribution in [0.4, 0.5) is 0 Å². The summed E-state index contributed by atoms with van der Waals surface area (Å²) in [6.07, 6.45) is 0. The maximum atomic E-state index is 2.50. The van der Waals surface area contributed by atoms with Crippen LogP contribution < -0.4 is 0 Å². The van der Waals surface area contributed by atoms with Crippen LogP contribution in [0.3, 0.4) is 0 Å². The average Bonchev–Trinajstić information content (AvgIpc) is 3.17. The maximum Gasteiger partial charge on any atom is -0.00264 e. The van der Waals surface area contributed by atoms with Gasteiger partial charge < -0.3 is 0 Å². The summed E-state index contributed by atoms with van der Waals surface area (Å²) < 4.78 is 0. The molecule has 0 unspecified atom stereocenters. The normalized spacial score (nSPS) is 12.1. The lowest BCUT2D eigenvalue weighted by Crippen LogP contribution is -1.92. The molecule has 0 saturated carbocycles. The number of benzene rings is 11. The molecule has 0 aromatic heterocycles. The van der Waals surface area contributed by atoms with Crippen LogP contribution in [0, 0.1) is 41.5 Å². The Morgan fingerprint density at radius 1 is 0.250 bits per heavy atom. The van der Waals surface area contributed by atoms with Crippen molar-refractivity contribution in [3.63, 3.8) is 0 Å². The fourth-order valence-corrected chi connectivity index (χ4v) is 10.5. The lowest BCUT2D eigenvalue weighted by Gasteiger charge is -2.17. The van der Waals surface area contributed by atoms with E-state index < -0.39 is 0 Å². The third-order valence-corrected chi connectivity index (χ3v) is 12.6. The summed E-state index contributed by atoms with van der Waals surface area (Å²) >= 11 is 0. The summed E-state index contributed by atoms with van der Waals surface area (Å²) in [4.78, 5) is 0. The van der Waals surface area contributed by atoms with E-state index in [-0.39, 0.29) is 0 Å². The van der Waals surface area contributed by atoms with Crippen LogP contribution in [0.5, 0.6) is 0 Å². The summed E-state index contributed by atoms with van der Waals surface area (Å²) in [7, 11) is 0. The molecule has 11 rings (SSSR count). The van der Waals surface area contributed by atoms with Crippen molar-refractivity contribution in [3.8, 4) is 22.3 Å². The summed E-state index contributed by atoms with van der Waals surface area (Å²) in [6, 6.07) is 56.0.